The lowest BCUT2D eigenvalue weighted by Gasteiger charge is -2.22. The van der Waals surface area contributed by atoms with Gasteiger partial charge in [-0.3, -0.25) is 4.84 Å². The SMILES string of the molecule is CCC(CC)C(C)NC(=O)NOCC(=O)O. The van der Waals surface area contributed by atoms with E-state index in [0.717, 1.165) is 12.8 Å². The average molecular weight is 232 g/mol. The van der Waals surface area contributed by atoms with Gasteiger partial charge in [-0.05, 0) is 12.8 Å². The Morgan fingerprint density at radius 2 is 1.88 bits per heavy atom. The summed E-state index contributed by atoms with van der Waals surface area (Å²) in [6.07, 6.45) is 1.96. The Morgan fingerprint density at radius 3 is 2.31 bits per heavy atom. The van der Waals surface area contributed by atoms with Gasteiger partial charge in [-0.25, -0.2) is 15.1 Å². The topological polar surface area (TPSA) is 87.7 Å². The molecule has 0 fully saturated rings. The van der Waals surface area contributed by atoms with Gasteiger partial charge in [0.2, 0.25) is 0 Å². The molecule has 0 aromatic carbocycles. The standard InChI is InChI=1S/C10H20N2O4/c1-4-8(5-2)7(3)11-10(15)12-16-6-9(13)14/h7-8H,4-6H2,1-3H3,(H,13,14)(H2,11,12,15). The lowest BCUT2D eigenvalue weighted by molar-refractivity contribution is -0.144. The number of carbonyl (C=O) groups excluding carboxylic acids is 1. The Balaban J connectivity index is 3.81. The van der Waals surface area contributed by atoms with Crippen LogP contribution in [0.4, 0.5) is 4.79 Å². The lowest BCUT2D eigenvalue weighted by atomic mass is 9.96. The minimum Gasteiger partial charge on any atom is -0.479 e. The molecule has 0 saturated carbocycles. The van der Waals surface area contributed by atoms with Crippen molar-refractivity contribution in [3.63, 3.8) is 0 Å². The minimum absolute atomic E-state index is 0.0310. The molecule has 94 valence electrons. The molecule has 0 rings (SSSR count). The second-order valence-electron chi connectivity index (χ2n) is 3.62. The fraction of sp³-hybridized carbons (Fsp3) is 0.800. The highest BCUT2D eigenvalue weighted by molar-refractivity contribution is 5.73. The van der Waals surface area contributed by atoms with Crippen molar-refractivity contribution in [1.82, 2.24) is 10.8 Å². The van der Waals surface area contributed by atoms with Crippen molar-refractivity contribution >= 4 is 12.0 Å². The molecule has 0 aromatic rings. The molecular weight excluding hydrogens is 212 g/mol. The first-order valence-corrected chi connectivity index (χ1v) is 5.41. The van der Waals surface area contributed by atoms with Crippen molar-refractivity contribution in [3.8, 4) is 0 Å². The van der Waals surface area contributed by atoms with E-state index in [4.69, 9.17) is 5.11 Å². The van der Waals surface area contributed by atoms with Gasteiger partial charge in [0, 0.05) is 6.04 Å². The van der Waals surface area contributed by atoms with Crippen LogP contribution in [-0.2, 0) is 9.63 Å². The molecule has 6 heteroatoms. The molecule has 0 bridgehead atoms. The number of carboxylic acid groups (broad SMARTS) is 1. The van der Waals surface area contributed by atoms with Crippen molar-refractivity contribution in [1.29, 1.82) is 0 Å². The van der Waals surface area contributed by atoms with E-state index in [9.17, 15) is 9.59 Å². The second kappa shape index (κ2) is 7.92. The van der Waals surface area contributed by atoms with E-state index in [1.54, 1.807) is 0 Å². The van der Waals surface area contributed by atoms with Crippen LogP contribution in [0.1, 0.15) is 33.6 Å². The number of carboxylic acids is 1. The molecule has 0 spiro atoms. The van der Waals surface area contributed by atoms with Crippen LogP contribution in [0.25, 0.3) is 0 Å². The maximum atomic E-state index is 11.2. The van der Waals surface area contributed by atoms with Crippen molar-refractivity contribution < 1.29 is 19.5 Å². The van der Waals surface area contributed by atoms with Gasteiger partial charge in [0.15, 0.2) is 6.61 Å². The first-order valence-electron chi connectivity index (χ1n) is 5.41. The van der Waals surface area contributed by atoms with Gasteiger partial charge >= 0.3 is 12.0 Å². The number of hydrogen-bond donors (Lipinski definition) is 3. The molecule has 0 aliphatic carbocycles. The van der Waals surface area contributed by atoms with Gasteiger partial charge in [0.25, 0.3) is 0 Å². The second-order valence-corrected chi connectivity index (χ2v) is 3.62. The number of amides is 2. The van der Waals surface area contributed by atoms with E-state index in [-0.39, 0.29) is 6.04 Å². The van der Waals surface area contributed by atoms with E-state index >= 15 is 0 Å². The summed E-state index contributed by atoms with van der Waals surface area (Å²) >= 11 is 0. The van der Waals surface area contributed by atoms with E-state index in [2.05, 4.69) is 24.0 Å². The first kappa shape index (κ1) is 14.7. The van der Waals surface area contributed by atoms with E-state index in [1.165, 1.54) is 0 Å². The molecule has 0 aromatic heterocycles. The lowest BCUT2D eigenvalue weighted by Crippen LogP contribution is -2.44. The van der Waals surface area contributed by atoms with Crippen LogP contribution in [0.3, 0.4) is 0 Å². The van der Waals surface area contributed by atoms with Gasteiger partial charge in [-0.2, -0.15) is 0 Å². The van der Waals surface area contributed by atoms with Crippen LogP contribution >= 0.6 is 0 Å². The Kier molecular flexibility index (Phi) is 7.28. The summed E-state index contributed by atoms with van der Waals surface area (Å²) in [6, 6.07) is -0.482. The van der Waals surface area contributed by atoms with Crippen LogP contribution in [0.5, 0.6) is 0 Å². The number of rotatable bonds is 7. The van der Waals surface area contributed by atoms with E-state index in [1.807, 2.05) is 12.4 Å². The summed E-state index contributed by atoms with van der Waals surface area (Å²) in [7, 11) is 0. The zero-order chi connectivity index (χ0) is 12.6. The molecule has 0 saturated heterocycles. The van der Waals surface area contributed by atoms with Crippen LogP contribution in [0.15, 0.2) is 0 Å². The molecule has 0 aliphatic rings. The maximum absolute atomic E-state index is 11.2. The molecular formula is C10H20N2O4. The van der Waals surface area contributed by atoms with Crippen molar-refractivity contribution in [2.75, 3.05) is 6.61 Å². The predicted molar refractivity (Wildman–Crippen MR) is 58.8 cm³/mol. The third-order valence-corrected chi connectivity index (χ3v) is 2.48. The number of nitrogens with one attached hydrogen (secondary N) is 2. The van der Waals surface area contributed by atoms with Crippen molar-refractivity contribution in [3.05, 3.63) is 0 Å². The van der Waals surface area contributed by atoms with Gasteiger partial charge in [-0.1, -0.05) is 26.7 Å². The van der Waals surface area contributed by atoms with Gasteiger partial charge in [0.05, 0.1) is 0 Å². The number of hydrogen-bond acceptors (Lipinski definition) is 3. The molecule has 1 unspecified atom stereocenters. The van der Waals surface area contributed by atoms with Gasteiger partial charge < -0.3 is 10.4 Å². The molecule has 2 amide bonds. The smallest absolute Gasteiger partial charge is 0.338 e. The number of hydroxylamine groups is 1. The number of aliphatic carboxylic acids is 1. The van der Waals surface area contributed by atoms with Crippen LogP contribution in [-0.4, -0.2) is 29.8 Å². The Bertz CT molecular complexity index is 229. The van der Waals surface area contributed by atoms with Gasteiger partial charge in [-0.15, -0.1) is 0 Å². The zero-order valence-electron chi connectivity index (χ0n) is 9.95. The summed E-state index contributed by atoms with van der Waals surface area (Å²) in [5.41, 5.74) is 2.02. The monoisotopic (exact) mass is 232 g/mol. The van der Waals surface area contributed by atoms with Crippen molar-refractivity contribution in [2.45, 2.75) is 39.7 Å². The minimum atomic E-state index is -1.13. The number of urea groups is 1. The zero-order valence-corrected chi connectivity index (χ0v) is 9.95. The third kappa shape index (κ3) is 6.23. The molecule has 1 atom stereocenters. The summed E-state index contributed by atoms with van der Waals surface area (Å²) in [6.45, 7) is 5.48. The molecule has 3 N–H and O–H groups in total. The van der Waals surface area contributed by atoms with E-state index < -0.39 is 18.6 Å². The third-order valence-electron chi connectivity index (χ3n) is 2.48. The molecule has 0 aliphatic heterocycles. The highest BCUT2D eigenvalue weighted by Crippen LogP contribution is 2.12. The maximum Gasteiger partial charge on any atom is 0.338 e. The Labute approximate surface area is 95.3 Å². The highest BCUT2D eigenvalue weighted by atomic mass is 16.7. The fourth-order valence-corrected chi connectivity index (χ4v) is 1.51. The molecule has 16 heavy (non-hydrogen) atoms. The molecule has 0 heterocycles. The Hall–Kier alpha value is -1.30. The molecule has 0 radical (unpaired) electrons. The van der Waals surface area contributed by atoms with E-state index in [0.29, 0.717) is 5.92 Å². The van der Waals surface area contributed by atoms with Crippen LogP contribution in [0, 0.1) is 5.92 Å². The molecule has 6 nitrogen and oxygen atoms in total. The number of carbonyl (C=O) groups is 2. The summed E-state index contributed by atoms with van der Waals surface area (Å²) in [5, 5.41) is 11.0. The first-order chi connectivity index (χ1) is 7.51. The van der Waals surface area contributed by atoms with Gasteiger partial charge in [0.1, 0.15) is 0 Å². The predicted octanol–water partition coefficient (Wildman–Crippen LogP) is 1.13. The summed E-state index contributed by atoms with van der Waals surface area (Å²) < 4.78 is 0. The van der Waals surface area contributed by atoms with Crippen molar-refractivity contribution in [2.24, 2.45) is 5.92 Å². The highest BCUT2D eigenvalue weighted by Gasteiger charge is 2.15. The fourth-order valence-electron chi connectivity index (χ4n) is 1.51. The Morgan fingerprint density at radius 1 is 1.31 bits per heavy atom. The normalized spacial score (nSPS) is 12.2. The largest absolute Gasteiger partial charge is 0.479 e. The van der Waals surface area contributed by atoms with Crippen LogP contribution in [0.2, 0.25) is 0 Å². The quantitative estimate of drug-likeness (QED) is 0.574. The van der Waals surface area contributed by atoms with Crippen LogP contribution < -0.4 is 10.8 Å². The summed E-state index contributed by atoms with van der Waals surface area (Å²) in [4.78, 5) is 25.8. The average Bonchev–Trinajstić information content (AvgIpc) is 2.18. The summed E-state index contributed by atoms with van der Waals surface area (Å²) in [5.74, 6) is -0.724.